The Morgan fingerprint density at radius 1 is 1.19 bits per heavy atom. The SMILES string of the molecule is CCC(O)CNC(=O)OC1CC(c2c(-c3ccc(F)cc3)[nH]c3c(F)cc(F)cc23)C1. The van der Waals surface area contributed by atoms with E-state index in [9.17, 15) is 23.1 Å². The molecule has 5 nitrogen and oxygen atoms in total. The van der Waals surface area contributed by atoms with E-state index < -0.39 is 29.6 Å². The zero-order valence-corrected chi connectivity index (χ0v) is 16.9. The first kappa shape index (κ1) is 21.2. The van der Waals surface area contributed by atoms with Crippen molar-refractivity contribution in [2.75, 3.05) is 6.54 Å². The number of ether oxygens (including phenoxy) is 1. The van der Waals surface area contributed by atoms with E-state index in [0.717, 1.165) is 11.6 Å². The van der Waals surface area contributed by atoms with Crippen LogP contribution in [0, 0.1) is 17.5 Å². The lowest BCUT2D eigenvalue weighted by Crippen LogP contribution is -2.38. The van der Waals surface area contributed by atoms with E-state index in [1.165, 1.54) is 18.2 Å². The summed E-state index contributed by atoms with van der Waals surface area (Å²) in [5.74, 6) is -1.87. The number of halogens is 3. The molecular formula is C23H23F3N2O3. The monoisotopic (exact) mass is 432 g/mol. The van der Waals surface area contributed by atoms with Gasteiger partial charge in [0.15, 0.2) is 0 Å². The molecular weight excluding hydrogens is 409 g/mol. The van der Waals surface area contributed by atoms with E-state index in [1.807, 2.05) is 0 Å². The van der Waals surface area contributed by atoms with Crippen LogP contribution in [0.5, 0.6) is 0 Å². The van der Waals surface area contributed by atoms with E-state index in [0.29, 0.717) is 35.9 Å². The van der Waals surface area contributed by atoms with Crippen molar-refractivity contribution in [2.45, 2.75) is 44.3 Å². The van der Waals surface area contributed by atoms with Crippen LogP contribution in [0.4, 0.5) is 18.0 Å². The van der Waals surface area contributed by atoms with Crippen LogP contribution in [0.1, 0.15) is 37.7 Å². The Labute approximate surface area is 177 Å². The number of rotatable bonds is 6. The first-order valence-electron chi connectivity index (χ1n) is 10.2. The van der Waals surface area contributed by atoms with Crippen LogP contribution in [-0.4, -0.2) is 34.9 Å². The van der Waals surface area contributed by atoms with Gasteiger partial charge in [-0.2, -0.15) is 0 Å². The molecule has 1 heterocycles. The minimum absolute atomic E-state index is 0.0889. The molecule has 1 aliphatic rings. The van der Waals surface area contributed by atoms with Gasteiger partial charge < -0.3 is 20.1 Å². The Hall–Kier alpha value is -3.00. The maximum absolute atomic E-state index is 14.4. The first-order chi connectivity index (χ1) is 14.9. The quantitative estimate of drug-likeness (QED) is 0.514. The molecule has 1 atom stereocenters. The van der Waals surface area contributed by atoms with Gasteiger partial charge in [-0.1, -0.05) is 6.92 Å². The average Bonchev–Trinajstić information content (AvgIpc) is 3.08. The molecule has 1 saturated carbocycles. The summed E-state index contributed by atoms with van der Waals surface area (Å²) in [4.78, 5) is 14.9. The van der Waals surface area contributed by atoms with Gasteiger partial charge in [0.25, 0.3) is 0 Å². The highest BCUT2D eigenvalue weighted by molar-refractivity contribution is 5.92. The smallest absolute Gasteiger partial charge is 0.407 e. The summed E-state index contributed by atoms with van der Waals surface area (Å²) in [6.07, 6.45) is -0.0765. The van der Waals surface area contributed by atoms with Crippen molar-refractivity contribution >= 4 is 17.0 Å². The van der Waals surface area contributed by atoms with E-state index in [2.05, 4.69) is 10.3 Å². The molecule has 1 aliphatic carbocycles. The number of carbonyl (C=O) groups excluding carboxylic acids is 1. The molecule has 3 aromatic rings. The summed E-state index contributed by atoms with van der Waals surface area (Å²) in [6.45, 7) is 1.92. The second-order valence-electron chi connectivity index (χ2n) is 7.87. The molecule has 1 amide bonds. The molecule has 0 radical (unpaired) electrons. The topological polar surface area (TPSA) is 74.3 Å². The molecule has 0 bridgehead atoms. The number of aromatic amines is 1. The summed E-state index contributed by atoms with van der Waals surface area (Å²) in [6, 6.07) is 7.88. The van der Waals surface area contributed by atoms with Gasteiger partial charge in [-0.25, -0.2) is 18.0 Å². The molecule has 4 rings (SSSR count). The summed E-state index contributed by atoms with van der Waals surface area (Å²) >= 11 is 0. The highest BCUT2D eigenvalue weighted by Crippen LogP contribution is 2.46. The molecule has 1 fully saturated rings. The van der Waals surface area contributed by atoms with Gasteiger partial charge in [-0.3, -0.25) is 0 Å². The van der Waals surface area contributed by atoms with Crippen LogP contribution < -0.4 is 5.32 Å². The Morgan fingerprint density at radius 3 is 2.58 bits per heavy atom. The lowest BCUT2D eigenvalue weighted by atomic mass is 9.75. The number of benzene rings is 2. The number of aliphatic hydroxyl groups is 1. The highest BCUT2D eigenvalue weighted by atomic mass is 19.1. The minimum atomic E-state index is -0.703. The Morgan fingerprint density at radius 2 is 1.90 bits per heavy atom. The summed E-state index contributed by atoms with van der Waals surface area (Å²) < 4.78 is 47.1. The maximum Gasteiger partial charge on any atom is 0.407 e. The van der Waals surface area contributed by atoms with Crippen molar-refractivity contribution in [1.29, 1.82) is 0 Å². The summed E-state index contributed by atoms with van der Waals surface area (Å²) in [5, 5.41) is 12.5. The minimum Gasteiger partial charge on any atom is -0.446 e. The number of aromatic nitrogens is 1. The third-order valence-corrected chi connectivity index (χ3v) is 5.73. The third kappa shape index (κ3) is 4.39. The number of hydrogen-bond donors (Lipinski definition) is 3. The molecule has 1 unspecified atom stereocenters. The lowest BCUT2D eigenvalue weighted by molar-refractivity contribution is 0.0373. The Kier molecular flexibility index (Phi) is 5.91. The molecule has 0 saturated heterocycles. The molecule has 164 valence electrons. The molecule has 2 aromatic carbocycles. The molecule has 0 spiro atoms. The Balaban J connectivity index is 1.57. The second-order valence-corrected chi connectivity index (χ2v) is 7.87. The fraction of sp³-hybridized carbons (Fsp3) is 0.348. The summed E-state index contributed by atoms with van der Waals surface area (Å²) in [5.41, 5.74) is 2.16. The predicted octanol–water partition coefficient (Wildman–Crippen LogP) is 5.00. The van der Waals surface area contributed by atoms with Gasteiger partial charge in [-0.15, -0.1) is 0 Å². The van der Waals surface area contributed by atoms with Gasteiger partial charge in [0, 0.05) is 18.0 Å². The number of amides is 1. The van der Waals surface area contributed by atoms with Crippen molar-refractivity contribution in [3.05, 3.63) is 59.4 Å². The lowest BCUT2D eigenvalue weighted by Gasteiger charge is -2.35. The van der Waals surface area contributed by atoms with Gasteiger partial charge in [0.05, 0.1) is 17.3 Å². The van der Waals surface area contributed by atoms with Crippen LogP contribution >= 0.6 is 0 Å². The zero-order chi connectivity index (χ0) is 22.1. The molecule has 0 aliphatic heterocycles. The second kappa shape index (κ2) is 8.63. The summed E-state index contributed by atoms with van der Waals surface area (Å²) in [7, 11) is 0. The number of aliphatic hydroxyl groups excluding tert-OH is 1. The first-order valence-corrected chi connectivity index (χ1v) is 10.2. The molecule has 3 N–H and O–H groups in total. The van der Waals surface area contributed by atoms with Crippen LogP contribution in [0.3, 0.4) is 0 Å². The van der Waals surface area contributed by atoms with Crippen molar-refractivity contribution < 1.29 is 27.8 Å². The molecule has 1 aromatic heterocycles. The highest BCUT2D eigenvalue weighted by Gasteiger charge is 2.37. The normalized spacial score (nSPS) is 19.1. The van der Waals surface area contributed by atoms with Gasteiger partial charge in [0.2, 0.25) is 0 Å². The zero-order valence-electron chi connectivity index (χ0n) is 16.9. The van der Waals surface area contributed by atoms with E-state index in [4.69, 9.17) is 4.74 Å². The van der Waals surface area contributed by atoms with Crippen molar-refractivity contribution in [3.8, 4) is 11.3 Å². The number of H-pyrrole nitrogens is 1. The van der Waals surface area contributed by atoms with E-state index >= 15 is 0 Å². The van der Waals surface area contributed by atoms with Crippen LogP contribution in [0.25, 0.3) is 22.2 Å². The van der Waals surface area contributed by atoms with Crippen LogP contribution in [0.2, 0.25) is 0 Å². The third-order valence-electron chi connectivity index (χ3n) is 5.73. The number of hydrogen-bond acceptors (Lipinski definition) is 3. The van der Waals surface area contributed by atoms with Gasteiger partial charge in [0.1, 0.15) is 23.6 Å². The average molecular weight is 432 g/mol. The van der Waals surface area contributed by atoms with Crippen molar-refractivity contribution in [1.82, 2.24) is 10.3 Å². The van der Waals surface area contributed by atoms with Crippen LogP contribution in [-0.2, 0) is 4.74 Å². The van der Waals surface area contributed by atoms with Crippen molar-refractivity contribution in [3.63, 3.8) is 0 Å². The predicted molar refractivity (Wildman–Crippen MR) is 110 cm³/mol. The van der Waals surface area contributed by atoms with Crippen LogP contribution in [0.15, 0.2) is 36.4 Å². The molecule has 31 heavy (non-hydrogen) atoms. The number of alkyl carbamates (subject to hydrolysis) is 1. The van der Waals surface area contributed by atoms with E-state index in [1.54, 1.807) is 19.1 Å². The van der Waals surface area contributed by atoms with Gasteiger partial charge in [-0.05, 0) is 66.6 Å². The fourth-order valence-corrected chi connectivity index (χ4v) is 3.94. The Bertz CT molecular complexity index is 1090. The van der Waals surface area contributed by atoms with Gasteiger partial charge >= 0.3 is 6.09 Å². The standard InChI is InChI=1S/C23H23F3N2O3/c1-2-16(29)11-27-23(30)31-17-7-13(8-17)20-18-9-15(25)10-19(26)22(18)28-21(20)12-3-5-14(24)6-4-12/h3-6,9-10,13,16-17,28-29H,2,7-8,11H2,1H3,(H,27,30). The number of fused-ring (bicyclic) bond motifs is 1. The van der Waals surface area contributed by atoms with E-state index in [-0.39, 0.29) is 24.1 Å². The van der Waals surface area contributed by atoms with Crippen molar-refractivity contribution in [2.24, 2.45) is 0 Å². The largest absolute Gasteiger partial charge is 0.446 e. The maximum atomic E-state index is 14.4. The fourth-order valence-electron chi connectivity index (χ4n) is 3.94. The molecule has 8 heteroatoms. The number of carbonyl (C=O) groups is 1. The number of nitrogens with one attached hydrogen (secondary N) is 2.